The van der Waals surface area contributed by atoms with Gasteiger partial charge < -0.3 is 15.5 Å². The van der Waals surface area contributed by atoms with Gasteiger partial charge in [0.15, 0.2) is 5.69 Å². The van der Waals surface area contributed by atoms with E-state index in [1.807, 2.05) is 26.8 Å². The van der Waals surface area contributed by atoms with Crippen LogP contribution in [0.15, 0.2) is 35.1 Å². The Hall–Kier alpha value is -2.57. The van der Waals surface area contributed by atoms with Gasteiger partial charge in [-0.3, -0.25) is 4.79 Å². The number of carboxylic acids is 1. The predicted octanol–water partition coefficient (Wildman–Crippen LogP) is 6.53. The number of carbonyl (C=O) groups is 1. The van der Waals surface area contributed by atoms with Crippen LogP contribution in [-0.4, -0.2) is 31.1 Å². The number of nitrogens with zero attached hydrogens (tertiary/aromatic N) is 3. The van der Waals surface area contributed by atoms with Gasteiger partial charge in [0.1, 0.15) is 10.6 Å². The van der Waals surface area contributed by atoms with Gasteiger partial charge in [-0.25, -0.2) is 15.0 Å². The van der Waals surface area contributed by atoms with Crippen molar-refractivity contribution in [2.45, 2.75) is 51.8 Å². The number of halogens is 4. The molecule has 0 aliphatic heterocycles. The largest absolute Gasteiger partial charge is 0.481 e. The van der Waals surface area contributed by atoms with Crippen LogP contribution in [0.4, 0.5) is 24.8 Å². The van der Waals surface area contributed by atoms with Gasteiger partial charge in [0.05, 0.1) is 15.3 Å². The molecule has 3 aromatic rings. The molecule has 1 aromatic carbocycles. The molecule has 0 radical (unpaired) electrons. The van der Waals surface area contributed by atoms with Crippen molar-refractivity contribution in [3.63, 3.8) is 0 Å². The second-order valence-corrected chi connectivity index (χ2v) is 11.6. The van der Waals surface area contributed by atoms with E-state index >= 15 is 0 Å². The van der Waals surface area contributed by atoms with E-state index in [9.17, 15) is 28.2 Å². The minimum atomic E-state index is -4.63. The fourth-order valence-electron chi connectivity index (χ4n) is 4.75. The molecule has 0 bridgehead atoms. The molecule has 36 heavy (non-hydrogen) atoms. The summed E-state index contributed by atoms with van der Waals surface area (Å²) in [6.07, 6.45) is -1.03. The van der Waals surface area contributed by atoms with E-state index in [1.54, 1.807) is 18.3 Å². The topological polar surface area (TPSA) is 108 Å². The minimum Gasteiger partial charge on any atom is -0.481 e. The molecule has 0 amide bonds. The monoisotopic (exact) mass is 584 g/mol. The second kappa shape index (κ2) is 9.38. The molecular weight excluding hydrogens is 561 g/mol. The SMILES string of the molecule is Cc1cc(Nc2ncc(Br)c(C(F)(F)F)n2)cc(-c2cnc([C@]3(O)CC[C@@H](C(=O)O)C(C)(C)C3)s2)c1. The lowest BCUT2D eigenvalue weighted by Crippen LogP contribution is -2.44. The van der Waals surface area contributed by atoms with Crippen molar-refractivity contribution in [3.8, 4) is 10.4 Å². The Balaban J connectivity index is 1.60. The zero-order valence-electron chi connectivity index (χ0n) is 19.6. The number of aliphatic hydroxyl groups is 1. The lowest BCUT2D eigenvalue weighted by atomic mass is 9.63. The van der Waals surface area contributed by atoms with E-state index in [0.717, 1.165) is 22.2 Å². The molecule has 7 nitrogen and oxygen atoms in total. The van der Waals surface area contributed by atoms with Gasteiger partial charge in [-0.2, -0.15) is 13.2 Å². The van der Waals surface area contributed by atoms with Gasteiger partial charge in [0.2, 0.25) is 5.95 Å². The summed E-state index contributed by atoms with van der Waals surface area (Å²) in [7, 11) is 0. The highest BCUT2D eigenvalue weighted by atomic mass is 79.9. The third-order valence-corrected chi connectivity index (χ3v) is 8.19. The van der Waals surface area contributed by atoms with Crippen molar-refractivity contribution in [1.82, 2.24) is 15.0 Å². The highest BCUT2D eigenvalue weighted by Gasteiger charge is 2.49. The number of aryl methyl sites for hydroxylation is 1. The van der Waals surface area contributed by atoms with Crippen LogP contribution in [0.1, 0.15) is 49.4 Å². The third-order valence-electron chi connectivity index (χ3n) is 6.37. The molecule has 192 valence electrons. The third kappa shape index (κ3) is 5.40. The first-order valence-electron chi connectivity index (χ1n) is 11.1. The summed E-state index contributed by atoms with van der Waals surface area (Å²) in [6, 6.07) is 5.41. The van der Waals surface area contributed by atoms with Crippen LogP contribution in [0.5, 0.6) is 0 Å². The second-order valence-electron chi connectivity index (χ2n) is 9.76. The molecule has 0 saturated heterocycles. The molecule has 0 unspecified atom stereocenters. The number of aliphatic carboxylic acids is 1. The van der Waals surface area contributed by atoms with Gasteiger partial charge in [-0.1, -0.05) is 19.9 Å². The van der Waals surface area contributed by atoms with Crippen molar-refractivity contribution >= 4 is 44.9 Å². The molecule has 12 heteroatoms. The summed E-state index contributed by atoms with van der Waals surface area (Å²) in [5.74, 6) is -1.60. The fourth-order valence-corrected chi connectivity index (χ4v) is 6.19. The minimum absolute atomic E-state index is 0.196. The molecule has 1 aliphatic rings. The number of hydrogen-bond acceptors (Lipinski definition) is 7. The molecule has 2 aromatic heterocycles. The number of rotatable bonds is 5. The van der Waals surface area contributed by atoms with Crippen LogP contribution in [0, 0.1) is 18.3 Å². The Bertz CT molecular complexity index is 1310. The van der Waals surface area contributed by atoms with Crippen LogP contribution in [0.3, 0.4) is 0 Å². The highest BCUT2D eigenvalue weighted by molar-refractivity contribution is 9.10. The van der Waals surface area contributed by atoms with Gasteiger partial charge in [-0.15, -0.1) is 11.3 Å². The number of thiazole rings is 1. The van der Waals surface area contributed by atoms with Gasteiger partial charge in [0, 0.05) is 18.1 Å². The maximum absolute atomic E-state index is 13.2. The van der Waals surface area contributed by atoms with E-state index in [0.29, 0.717) is 23.5 Å². The van der Waals surface area contributed by atoms with Crippen molar-refractivity contribution in [1.29, 1.82) is 0 Å². The number of hydrogen-bond donors (Lipinski definition) is 3. The zero-order chi connectivity index (χ0) is 26.5. The maximum Gasteiger partial charge on any atom is 0.434 e. The predicted molar refractivity (Wildman–Crippen MR) is 133 cm³/mol. The molecule has 4 rings (SSSR count). The van der Waals surface area contributed by atoms with Gasteiger partial charge >= 0.3 is 12.1 Å². The van der Waals surface area contributed by atoms with Crippen LogP contribution in [-0.2, 0) is 16.6 Å². The molecule has 1 saturated carbocycles. The number of anilines is 2. The van der Waals surface area contributed by atoms with Crippen molar-refractivity contribution in [2.75, 3.05) is 5.32 Å². The Kier molecular flexibility index (Phi) is 6.91. The van der Waals surface area contributed by atoms with Crippen LogP contribution in [0.25, 0.3) is 10.4 Å². The summed E-state index contributed by atoms with van der Waals surface area (Å²) in [6.45, 7) is 5.54. The Morgan fingerprint density at radius 3 is 2.58 bits per heavy atom. The first-order chi connectivity index (χ1) is 16.7. The summed E-state index contributed by atoms with van der Waals surface area (Å²) >= 11 is 4.14. The number of benzene rings is 1. The molecule has 2 heterocycles. The van der Waals surface area contributed by atoms with Crippen molar-refractivity contribution < 1.29 is 28.2 Å². The number of aromatic nitrogens is 3. The fraction of sp³-hybridized carbons (Fsp3) is 0.417. The molecular formula is C24H24BrF3N4O3S. The average Bonchev–Trinajstić information content (AvgIpc) is 3.24. The average molecular weight is 585 g/mol. The number of alkyl halides is 3. The molecule has 2 atom stereocenters. The molecule has 0 spiro atoms. The lowest BCUT2D eigenvalue weighted by Gasteiger charge is -2.44. The Labute approximate surface area is 218 Å². The quantitative estimate of drug-likeness (QED) is 0.313. The van der Waals surface area contributed by atoms with Crippen LogP contribution in [0.2, 0.25) is 0 Å². The maximum atomic E-state index is 13.2. The zero-order valence-corrected chi connectivity index (χ0v) is 22.1. The summed E-state index contributed by atoms with van der Waals surface area (Å²) in [4.78, 5) is 24.4. The first-order valence-corrected chi connectivity index (χ1v) is 12.7. The van der Waals surface area contributed by atoms with Crippen molar-refractivity contribution in [3.05, 3.63) is 51.3 Å². The van der Waals surface area contributed by atoms with E-state index in [1.165, 1.54) is 11.3 Å². The van der Waals surface area contributed by atoms with E-state index < -0.39 is 34.8 Å². The highest BCUT2D eigenvalue weighted by Crippen LogP contribution is 2.51. The number of carboxylic acid groups (broad SMARTS) is 1. The van der Waals surface area contributed by atoms with Gasteiger partial charge in [0.25, 0.3) is 0 Å². The van der Waals surface area contributed by atoms with Gasteiger partial charge in [-0.05, 0) is 70.8 Å². The summed E-state index contributed by atoms with van der Waals surface area (Å²) in [5.41, 5.74) is -0.810. The lowest BCUT2D eigenvalue weighted by molar-refractivity contribution is -0.154. The molecule has 1 aliphatic carbocycles. The van der Waals surface area contributed by atoms with E-state index in [-0.39, 0.29) is 16.8 Å². The summed E-state index contributed by atoms with van der Waals surface area (Å²) in [5, 5.41) is 24.3. The normalized spacial score (nSPS) is 21.8. The standard InChI is InChI=1S/C24H24BrF3N4O3S/c1-12-6-13(8-14(7-12)31-21-30-9-16(25)18(32-21)24(26,27)28)17-10-29-20(36-17)23(35)5-4-15(19(33)34)22(2,3)11-23/h6-10,15,35H,4-5,11H2,1-3H3,(H,33,34)(H,30,31,32)/t15-,23-/m0/s1. The van der Waals surface area contributed by atoms with Crippen molar-refractivity contribution in [2.24, 2.45) is 11.3 Å². The summed E-state index contributed by atoms with van der Waals surface area (Å²) < 4.78 is 39.4. The Morgan fingerprint density at radius 2 is 1.94 bits per heavy atom. The van der Waals surface area contributed by atoms with E-state index in [4.69, 9.17) is 0 Å². The molecule has 1 fully saturated rings. The number of nitrogens with one attached hydrogen (secondary N) is 1. The first kappa shape index (κ1) is 26.5. The Morgan fingerprint density at radius 1 is 1.22 bits per heavy atom. The van der Waals surface area contributed by atoms with E-state index in [2.05, 4.69) is 36.2 Å². The molecule has 3 N–H and O–H groups in total. The smallest absolute Gasteiger partial charge is 0.434 e. The van der Waals surface area contributed by atoms with Crippen LogP contribution < -0.4 is 5.32 Å². The van der Waals surface area contributed by atoms with Crippen LogP contribution >= 0.6 is 27.3 Å².